The highest BCUT2D eigenvalue weighted by Gasteiger charge is 2.48. The number of hydrogen-bond donors (Lipinski definition) is 2. The molecule has 0 spiro atoms. The van der Waals surface area contributed by atoms with E-state index >= 15 is 0 Å². The Kier molecular flexibility index (Phi) is 4.80. The lowest BCUT2D eigenvalue weighted by Gasteiger charge is -2.29. The van der Waals surface area contributed by atoms with E-state index in [0.29, 0.717) is 18.9 Å². The van der Waals surface area contributed by atoms with E-state index in [1.54, 1.807) is 0 Å². The predicted octanol–water partition coefficient (Wildman–Crippen LogP) is 0.945. The van der Waals surface area contributed by atoms with E-state index in [9.17, 15) is 9.59 Å². The average Bonchev–Trinajstić information content (AvgIpc) is 3.17. The minimum atomic E-state index is -0.846. The number of carboxylic acid groups (broad SMARTS) is 1. The van der Waals surface area contributed by atoms with Crippen molar-refractivity contribution >= 4 is 11.9 Å². The van der Waals surface area contributed by atoms with E-state index in [4.69, 9.17) is 5.11 Å². The molecular formula is C14H24N2O3. The normalized spacial score (nSPS) is 28.7. The van der Waals surface area contributed by atoms with Gasteiger partial charge in [-0.2, -0.15) is 0 Å². The largest absolute Gasteiger partial charge is 0.481 e. The number of carbonyl (C=O) groups is 2. The van der Waals surface area contributed by atoms with E-state index in [2.05, 4.69) is 17.1 Å². The van der Waals surface area contributed by atoms with Crippen LogP contribution in [0.25, 0.3) is 0 Å². The fraction of sp³-hybridized carbons (Fsp3) is 0.857. The number of hydrogen-bond acceptors (Lipinski definition) is 3. The third-order valence-corrected chi connectivity index (χ3v) is 4.09. The minimum Gasteiger partial charge on any atom is -0.481 e. The van der Waals surface area contributed by atoms with Gasteiger partial charge in [-0.15, -0.1) is 0 Å². The Hall–Kier alpha value is -1.10. The summed E-state index contributed by atoms with van der Waals surface area (Å²) in [6.07, 6.45) is 4.39. The van der Waals surface area contributed by atoms with Crippen LogP contribution in [0.3, 0.4) is 0 Å². The van der Waals surface area contributed by atoms with Crippen LogP contribution in [-0.2, 0) is 9.59 Å². The lowest BCUT2D eigenvalue weighted by atomic mass is 10.1. The molecule has 2 fully saturated rings. The second kappa shape index (κ2) is 6.37. The molecule has 2 rings (SSSR count). The van der Waals surface area contributed by atoms with Crippen LogP contribution in [0.2, 0.25) is 0 Å². The molecule has 1 saturated heterocycles. The maximum absolute atomic E-state index is 11.7. The van der Waals surface area contributed by atoms with Crippen molar-refractivity contribution in [3.63, 3.8) is 0 Å². The first-order valence-corrected chi connectivity index (χ1v) is 7.31. The van der Waals surface area contributed by atoms with Crippen molar-refractivity contribution in [3.8, 4) is 0 Å². The second-order valence-corrected chi connectivity index (χ2v) is 6.00. The number of carboxylic acids is 1. The van der Waals surface area contributed by atoms with Gasteiger partial charge in [0, 0.05) is 13.1 Å². The molecule has 1 heterocycles. The molecule has 19 heavy (non-hydrogen) atoms. The highest BCUT2D eigenvalue weighted by molar-refractivity contribution is 5.89. The van der Waals surface area contributed by atoms with Crippen LogP contribution < -0.4 is 5.32 Å². The van der Waals surface area contributed by atoms with E-state index in [-0.39, 0.29) is 11.8 Å². The third kappa shape index (κ3) is 4.20. The molecule has 108 valence electrons. The topological polar surface area (TPSA) is 69.6 Å². The molecular weight excluding hydrogens is 244 g/mol. The van der Waals surface area contributed by atoms with Crippen LogP contribution in [0.15, 0.2) is 0 Å². The summed E-state index contributed by atoms with van der Waals surface area (Å²) in [5, 5.41) is 11.7. The van der Waals surface area contributed by atoms with Crippen molar-refractivity contribution in [2.45, 2.75) is 32.6 Å². The quantitative estimate of drug-likeness (QED) is 0.752. The Bertz CT molecular complexity index is 340. The zero-order chi connectivity index (χ0) is 13.8. The molecule has 1 aliphatic carbocycles. The molecule has 2 aliphatic rings. The van der Waals surface area contributed by atoms with Crippen LogP contribution in [0.4, 0.5) is 0 Å². The smallest absolute Gasteiger partial charge is 0.307 e. The number of aliphatic carboxylic acids is 1. The summed E-state index contributed by atoms with van der Waals surface area (Å²) in [6, 6.07) is 0. The maximum Gasteiger partial charge on any atom is 0.307 e. The number of likely N-dealkylation sites (tertiary alicyclic amines) is 1. The first kappa shape index (κ1) is 14.3. The van der Waals surface area contributed by atoms with Gasteiger partial charge in [0.2, 0.25) is 5.91 Å². The van der Waals surface area contributed by atoms with Crippen LogP contribution in [0.1, 0.15) is 32.6 Å². The van der Waals surface area contributed by atoms with E-state index < -0.39 is 11.9 Å². The van der Waals surface area contributed by atoms with Gasteiger partial charge in [-0.05, 0) is 38.3 Å². The molecule has 2 N–H and O–H groups in total. The fourth-order valence-electron chi connectivity index (χ4n) is 2.81. The van der Waals surface area contributed by atoms with Crippen LogP contribution in [0, 0.1) is 17.8 Å². The van der Waals surface area contributed by atoms with Crippen molar-refractivity contribution in [1.29, 1.82) is 0 Å². The molecule has 3 unspecified atom stereocenters. The number of carbonyl (C=O) groups excluding carboxylic acids is 1. The molecule has 1 aliphatic heterocycles. The van der Waals surface area contributed by atoms with Gasteiger partial charge in [0.1, 0.15) is 0 Å². The number of amides is 1. The zero-order valence-electron chi connectivity index (χ0n) is 11.6. The Labute approximate surface area is 114 Å². The van der Waals surface area contributed by atoms with Crippen LogP contribution in [0.5, 0.6) is 0 Å². The number of rotatable bonds is 6. The molecule has 3 atom stereocenters. The van der Waals surface area contributed by atoms with Gasteiger partial charge in [0.05, 0.1) is 11.8 Å². The fourth-order valence-corrected chi connectivity index (χ4v) is 2.81. The predicted molar refractivity (Wildman–Crippen MR) is 71.7 cm³/mol. The SMILES string of the molecule is CC(CNC(=O)C1CC1C(=O)O)CN1CCCCC1. The standard InChI is InChI=1S/C14H24N2O3/c1-10(9-16-5-3-2-4-6-16)8-15-13(17)11-7-12(11)14(18)19/h10-12H,2-9H2,1H3,(H,15,17)(H,18,19). The molecule has 0 aromatic heterocycles. The Morgan fingerprint density at radius 2 is 1.95 bits per heavy atom. The molecule has 0 aromatic carbocycles. The van der Waals surface area contributed by atoms with E-state index in [0.717, 1.165) is 6.54 Å². The number of nitrogens with one attached hydrogen (secondary N) is 1. The second-order valence-electron chi connectivity index (χ2n) is 6.00. The van der Waals surface area contributed by atoms with Gasteiger partial charge in [-0.25, -0.2) is 0 Å². The van der Waals surface area contributed by atoms with Crippen molar-refractivity contribution in [3.05, 3.63) is 0 Å². The summed E-state index contributed by atoms with van der Waals surface area (Å²) in [5.74, 6) is -1.25. The van der Waals surface area contributed by atoms with Crippen LogP contribution in [-0.4, -0.2) is 48.1 Å². The molecule has 5 nitrogen and oxygen atoms in total. The first-order chi connectivity index (χ1) is 9.08. The van der Waals surface area contributed by atoms with Gasteiger partial charge in [-0.1, -0.05) is 13.3 Å². The van der Waals surface area contributed by atoms with Crippen molar-refractivity contribution in [2.75, 3.05) is 26.2 Å². The summed E-state index contributed by atoms with van der Waals surface area (Å²) in [6.45, 7) is 6.14. The summed E-state index contributed by atoms with van der Waals surface area (Å²) < 4.78 is 0. The summed E-state index contributed by atoms with van der Waals surface area (Å²) in [7, 11) is 0. The molecule has 0 bridgehead atoms. The highest BCUT2D eigenvalue weighted by Crippen LogP contribution is 2.38. The number of nitrogens with zero attached hydrogens (tertiary/aromatic N) is 1. The van der Waals surface area contributed by atoms with Gasteiger partial charge in [-0.3, -0.25) is 9.59 Å². The van der Waals surface area contributed by atoms with Crippen LogP contribution >= 0.6 is 0 Å². The minimum absolute atomic E-state index is 0.0853. The van der Waals surface area contributed by atoms with Crippen molar-refractivity contribution in [2.24, 2.45) is 17.8 Å². The summed E-state index contributed by atoms with van der Waals surface area (Å²) in [4.78, 5) is 24.9. The van der Waals surface area contributed by atoms with Crippen molar-refractivity contribution < 1.29 is 14.7 Å². The van der Waals surface area contributed by atoms with E-state index in [1.807, 2.05) is 0 Å². The molecule has 1 amide bonds. The molecule has 0 radical (unpaired) electrons. The van der Waals surface area contributed by atoms with Crippen molar-refractivity contribution in [1.82, 2.24) is 10.2 Å². The van der Waals surface area contributed by atoms with Gasteiger partial charge < -0.3 is 15.3 Å². The lowest BCUT2D eigenvalue weighted by molar-refractivity contribution is -0.140. The first-order valence-electron chi connectivity index (χ1n) is 7.31. The zero-order valence-corrected chi connectivity index (χ0v) is 11.6. The van der Waals surface area contributed by atoms with Gasteiger partial charge in [0.25, 0.3) is 0 Å². The van der Waals surface area contributed by atoms with Gasteiger partial charge >= 0.3 is 5.97 Å². The maximum atomic E-state index is 11.7. The van der Waals surface area contributed by atoms with Gasteiger partial charge in [0.15, 0.2) is 0 Å². The molecule has 0 aromatic rings. The van der Waals surface area contributed by atoms with E-state index in [1.165, 1.54) is 32.4 Å². The summed E-state index contributed by atoms with van der Waals surface area (Å²) >= 11 is 0. The third-order valence-electron chi connectivity index (χ3n) is 4.09. The monoisotopic (exact) mass is 268 g/mol. The average molecular weight is 268 g/mol. The highest BCUT2D eigenvalue weighted by atomic mass is 16.4. The Morgan fingerprint density at radius 1 is 1.26 bits per heavy atom. The summed E-state index contributed by atoms with van der Waals surface area (Å²) in [5.41, 5.74) is 0. The Balaban J connectivity index is 1.62. The molecule has 1 saturated carbocycles. The Morgan fingerprint density at radius 3 is 2.53 bits per heavy atom. The number of piperidine rings is 1. The molecule has 5 heteroatoms. The lowest BCUT2D eigenvalue weighted by Crippen LogP contribution is -2.38.